The molecule has 3 nitrogen and oxygen atoms in total. The quantitative estimate of drug-likeness (QED) is 0.886. The van der Waals surface area contributed by atoms with Gasteiger partial charge in [-0.25, -0.2) is 13.6 Å². The summed E-state index contributed by atoms with van der Waals surface area (Å²) in [7, 11) is 0. The predicted molar refractivity (Wildman–Crippen MR) is 89.8 cm³/mol. The molecule has 2 aromatic carbocycles. The Morgan fingerprint density at radius 1 is 0.958 bits per heavy atom. The predicted octanol–water partition coefficient (Wildman–Crippen LogP) is 4.45. The number of urea groups is 1. The zero-order valence-electron chi connectivity index (χ0n) is 13.3. The molecule has 0 spiro atoms. The molecule has 0 aliphatic carbocycles. The number of benzene rings is 2. The lowest BCUT2D eigenvalue weighted by atomic mass is 9.90. The van der Waals surface area contributed by atoms with Gasteiger partial charge < -0.3 is 10.2 Å². The molecule has 2 aromatic rings. The molecule has 0 saturated carbocycles. The molecule has 1 aliphatic heterocycles. The minimum atomic E-state index is -0.324. The molecular formula is C19H20F2N2O. The number of amides is 2. The molecule has 1 saturated heterocycles. The zero-order chi connectivity index (χ0) is 16.9. The van der Waals surface area contributed by atoms with Crippen LogP contribution in [0.5, 0.6) is 0 Å². The summed E-state index contributed by atoms with van der Waals surface area (Å²) in [5.41, 5.74) is 1.72. The summed E-state index contributed by atoms with van der Waals surface area (Å²) in [5, 5.41) is 2.79. The second-order valence-corrected chi connectivity index (χ2v) is 6.20. The van der Waals surface area contributed by atoms with Gasteiger partial charge in [-0.1, -0.05) is 12.1 Å². The van der Waals surface area contributed by atoms with E-state index in [0.717, 1.165) is 24.8 Å². The number of nitrogens with zero attached hydrogens (tertiary/aromatic N) is 1. The van der Waals surface area contributed by atoms with Crippen LogP contribution < -0.4 is 5.32 Å². The maximum Gasteiger partial charge on any atom is 0.321 e. The third-order valence-electron chi connectivity index (χ3n) is 4.43. The van der Waals surface area contributed by atoms with Crippen LogP contribution in [-0.4, -0.2) is 24.0 Å². The highest BCUT2D eigenvalue weighted by Crippen LogP contribution is 2.22. The van der Waals surface area contributed by atoms with Crippen molar-refractivity contribution in [1.29, 1.82) is 0 Å². The number of likely N-dealkylation sites (tertiary alicyclic amines) is 1. The Labute approximate surface area is 140 Å². The highest BCUT2D eigenvalue weighted by Gasteiger charge is 2.23. The molecule has 126 valence electrons. The first-order valence-electron chi connectivity index (χ1n) is 8.16. The van der Waals surface area contributed by atoms with Crippen molar-refractivity contribution in [2.75, 3.05) is 18.4 Å². The lowest BCUT2D eigenvalue weighted by molar-refractivity contribution is 0.182. The fraction of sp³-hybridized carbons (Fsp3) is 0.316. The van der Waals surface area contributed by atoms with Crippen molar-refractivity contribution in [3.63, 3.8) is 0 Å². The molecule has 1 N–H and O–H groups in total. The van der Waals surface area contributed by atoms with E-state index in [4.69, 9.17) is 0 Å². The third kappa shape index (κ3) is 4.31. The van der Waals surface area contributed by atoms with Crippen molar-refractivity contribution in [2.45, 2.75) is 19.3 Å². The van der Waals surface area contributed by atoms with Gasteiger partial charge in [0.05, 0.1) is 0 Å². The van der Waals surface area contributed by atoms with E-state index in [2.05, 4.69) is 5.32 Å². The lowest BCUT2D eigenvalue weighted by Gasteiger charge is -2.32. The highest BCUT2D eigenvalue weighted by atomic mass is 19.1. The number of halogens is 2. The van der Waals surface area contributed by atoms with Gasteiger partial charge in [0.15, 0.2) is 0 Å². The first kappa shape index (κ1) is 16.4. The minimum absolute atomic E-state index is 0.151. The van der Waals surface area contributed by atoms with Crippen LogP contribution in [0.3, 0.4) is 0 Å². The van der Waals surface area contributed by atoms with Crippen LogP contribution in [0.25, 0.3) is 0 Å². The van der Waals surface area contributed by atoms with E-state index in [0.29, 0.717) is 24.7 Å². The molecule has 3 rings (SSSR count). The highest BCUT2D eigenvalue weighted by molar-refractivity contribution is 5.89. The molecule has 0 bridgehead atoms. The van der Waals surface area contributed by atoms with Crippen LogP contribution in [-0.2, 0) is 6.42 Å². The van der Waals surface area contributed by atoms with Gasteiger partial charge in [0.25, 0.3) is 0 Å². The van der Waals surface area contributed by atoms with Crippen molar-refractivity contribution in [3.05, 3.63) is 65.7 Å². The van der Waals surface area contributed by atoms with E-state index in [1.807, 2.05) is 12.1 Å². The maximum atomic E-state index is 12.9. The van der Waals surface area contributed by atoms with Gasteiger partial charge in [-0.05, 0) is 67.1 Å². The van der Waals surface area contributed by atoms with Crippen LogP contribution in [0.15, 0.2) is 48.5 Å². The largest absolute Gasteiger partial charge is 0.325 e. The SMILES string of the molecule is O=C(Nc1ccc(F)cc1)N1CCC(Cc2ccc(F)cc2)CC1. The number of nitrogens with one attached hydrogen (secondary N) is 1. The van der Waals surface area contributed by atoms with E-state index in [9.17, 15) is 13.6 Å². The molecule has 0 radical (unpaired) electrons. The molecule has 1 fully saturated rings. The Balaban J connectivity index is 1.48. The Morgan fingerprint density at radius 3 is 2.08 bits per heavy atom. The van der Waals surface area contributed by atoms with E-state index < -0.39 is 0 Å². The van der Waals surface area contributed by atoms with Crippen LogP contribution in [0, 0.1) is 17.6 Å². The van der Waals surface area contributed by atoms with Crippen LogP contribution in [0.2, 0.25) is 0 Å². The van der Waals surface area contributed by atoms with Gasteiger partial charge in [-0.2, -0.15) is 0 Å². The second kappa shape index (κ2) is 7.43. The fourth-order valence-corrected chi connectivity index (χ4v) is 3.03. The standard InChI is InChI=1S/C19H20F2N2O/c20-16-3-1-14(2-4-16)13-15-9-11-23(12-10-15)19(24)22-18-7-5-17(21)6-8-18/h1-8,15H,9-13H2,(H,22,24). The number of rotatable bonds is 3. The van der Waals surface area contributed by atoms with Crippen LogP contribution in [0.1, 0.15) is 18.4 Å². The number of hydrogen-bond donors (Lipinski definition) is 1. The van der Waals surface area contributed by atoms with Crippen molar-refractivity contribution in [3.8, 4) is 0 Å². The summed E-state index contributed by atoms with van der Waals surface area (Å²) in [6.45, 7) is 1.39. The normalized spacial score (nSPS) is 15.3. The molecule has 1 aliphatic rings. The summed E-state index contributed by atoms with van der Waals surface area (Å²) in [4.78, 5) is 14.0. The Bertz CT molecular complexity index is 678. The minimum Gasteiger partial charge on any atom is -0.325 e. The van der Waals surface area contributed by atoms with E-state index >= 15 is 0 Å². The Hall–Kier alpha value is -2.43. The van der Waals surface area contributed by atoms with Gasteiger partial charge in [0, 0.05) is 18.8 Å². The average molecular weight is 330 g/mol. The topological polar surface area (TPSA) is 32.3 Å². The molecule has 2 amide bonds. The van der Waals surface area contributed by atoms with Gasteiger partial charge in [-0.3, -0.25) is 0 Å². The molecule has 1 heterocycles. The summed E-state index contributed by atoms with van der Waals surface area (Å²) in [6.07, 6.45) is 2.76. The average Bonchev–Trinajstić information content (AvgIpc) is 2.59. The first-order valence-corrected chi connectivity index (χ1v) is 8.16. The van der Waals surface area contributed by atoms with Crippen molar-refractivity contribution >= 4 is 11.7 Å². The van der Waals surface area contributed by atoms with Crippen molar-refractivity contribution in [2.24, 2.45) is 5.92 Å². The Kier molecular flexibility index (Phi) is 5.08. The monoisotopic (exact) mass is 330 g/mol. The molecule has 0 atom stereocenters. The smallest absolute Gasteiger partial charge is 0.321 e. The number of anilines is 1. The van der Waals surface area contributed by atoms with Crippen molar-refractivity contribution in [1.82, 2.24) is 4.90 Å². The van der Waals surface area contributed by atoms with Crippen LogP contribution >= 0.6 is 0 Å². The molecule has 5 heteroatoms. The van der Waals surface area contributed by atoms with Gasteiger partial charge in [-0.15, -0.1) is 0 Å². The first-order chi connectivity index (χ1) is 11.6. The number of hydrogen-bond acceptors (Lipinski definition) is 1. The summed E-state index contributed by atoms with van der Waals surface area (Å²) < 4.78 is 25.8. The zero-order valence-corrected chi connectivity index (χ0v) is 13.3. The van der Waals surface area contributed by atoms with Gasteiger partial charge in [0.1, 0.15) is 11.6 Å². The number of piperidine rings is 1. The van der Waals surface area contributed by atoms with E-state index in [1.165, 1.54) is 24.3 Å². The van der Waals surface area contributed by atoms with Crippen molar-refractivity contribution < 1.29 is 13.6 Å². The Morgan fingerprint density at radius 2 is 1.50 bits per heavy atom. The summed E-state index contributed by atoms with van der Waals surface area (Å²) in [5.74, 6) is -0.0361. The third-order valence-corrected chi connectivity index (χ3v) is 4.43. The second-order valence-electron chi connectivity index (χ2n) is 6.20. The fourth-order valence-electron chi connectivity index (χ4n) is 3.03. The maximum absolute atomic E-state index is 12.9. The van der Waals surface area contributed by atoms with Gasteiger partial charge in [0.2, 0.25) is 0 Å². The lowest BCUT2D eigenvalue weighted by Crippen LogP contribution is -2.41. The summed E-state index contributed by atoms with van der Waals surface area (Å²) >= 11 is 0. The molecular weight excluding hydrogens is 310 g/mol. The van der Waals surface area contributed by atoms with E-state index in [1.54, 1.807) is 17.0 Å². The molecule has 24 heavy (non-hydrogen) atoms. The number of carbonyl (C=O) groups is 1. The van der Waals surface area contributed by atoms with Gasteiger partial charge >= 0.3 is 6.03 Å². The van der Waals surface area contributed by atoms with Crippen LogP contribution in [0.4, 0.5) is 19.3 Å². The molecule has 0 unspecified atom stereocenters. The summed E-state index contributed by atoms with van der Waals surface area (Å²) in [6, 6.07) is 12.2. The van der Waals surface area contributed by atoms with E-state index in [-0.39, 0.29) is 17.7 Å². The number of carbonyl (C=O) groups excluding carboxylic acids is 1. The molecule has 0 aromatic heterocycles.